The number of halogens is 1. The Morgan fingerprint density at radius 3 is 2.67 bits per heavy atom. The first kappa shape index (κ1) is 23.9. The number of aliphatic imine (C=N–C) groups is 1. The van der Waals surface area contributed by atoms with Crippen molar-refractivity contribution in [3.8, 4) is 0 Å². The van der Waals surface area contributed by atoms with Crippen LogP contribution in [0.1, 0.15) is 52.9 Å². The predicted octanol–water partition coefficient (Wildman–Crippen LogP) is 3.43. The van der Waals surface area contributed by atoms with Crippen molar-refractivity contribution in [2.75, 3.05) is 40.0 Å². The van der Waals surface area contributed by atoms with Crippen LogP contribution in [-0.2, 0) is 9.47 Å². The van der Waals surface area contributed by atoms with Crippen molar-refractivity contribution in [2.45, 2.75) is 58.9 Å². The maximum Gasteiger partial charge on any atom is 0.191 e. The van der Waals surface area contributed by atoms with Gasteiger partial charge in [0.15, 0.2) is 5.96 Å². The number of nitrogens with one attached hydrogen (secondary N) is 2. The summed E-state index contributed by atoms with van der Waals surface area (Å²) in [4.78, 5) is 4.29. The van der Waals surface area contributed by atoms with Crippen LogP contribution in [0.4, 0.5) is 0 Å². The molecule has 0 saturated carbocycles. The zero-order valence-corrected chi connectivity index (χ0v) is 18.3. The summed E-state index contributed by atoms with van der Waals surface area (Å²) in [6.45, 7) is 11.1. The molecule has 1 aliphatic rings. The zero-order valence-electron chi connectivity index (χ0n) is 16.0. The molecule has 1 rings (SSSR count). The van der Waals surface area contributed by atoms with Gasteiger partial charge in [0.1, 0.15) is 0 Å². The van der Waals surface area contributed by atoms with Crippen molar-refractivity contribution < 1.29 is 9.47 Å². The van der Waals surface area contributed by atoms with E-state index < -0.39 is 0 Å². The standard InChI is InChI=1S/C18H37N3O2.HI/c1-15(2)7-5-8-16(3)21-18(19-4)20-10-6-11-22-13-17-9-12-23-14-17;/h15-17H,5-14H2,1-4H3,(H2,19,20,21);1H. The fourth-order valence-electron chi connectivity index (χ4n) is 2.68. The van der Waals surface area contributed by atoms with Gasteiger partial charge in [0.25, 0.3) is 0 Å². The third kappa shape index (κ3) is 12.3. The number of nitrogens with zero attached hydrogens (tertiary/aromatic N) is 1. The summed E-state index contributed by atoms with van der Waals surface area (Å²) >= 11 is 0. The third-order valence-corrected chi connectivity index (χ3v) is 4.16. The summed E-state index contributed by atoms with van der Waals surface area (Å²) in [7, 11) is 1.83. The highest BCUT2D eigenvalue weighted by Crippen LogP contribution is 2.12. The largest absolute Gasteiger partial charge is 0.381 e. The Balaban J connectivity index is 0.00000529. The Hall–Kier alpha value is -0.0800. The van der Waals surface area contributed by atoms with Gasteiger partial charge >= 0.3 is 0 Å². The van der Waals surface area contributed by atoms with E-state index in [1.807, 2.05) is 7.05 Å². The molecule has 6 heteroatoms. The van der Waals surface area contributed by atoms with E-state index in [9.17, 15) is 0 Å². The van der Waals surface area contributed by atoms with Gasteiger partial charge < -0.3 is 20.1 Å². The van der Waals surface area contributed by atoms with Crippen molar-refractivity contribution in [2.24, 2.45) is 16.8 Å². The molecule has 0 amide bonds. The summed E-state index contributed by atoms with van der Waals surface area (Å²) in [5, 5.41) is 6.82. The second kappa shape index (κ2) is 15.2. The maximum absolute atomic E-state index is 5.71. The van der Waals surface area contributed by atoms with Crippen LogP contribution in [0.15, 0.2) is 4.99 Å². The van der Waals surface area contributed by atoms with Gasteiger partial charge in [-0.3, -0.25) is 4.99 Å². The molecular weight excluding hydrogens is 417 g/mol. The lowest BCUT2D eigenvalue weighted by Gasteiger charge is -2.18. The number of guanidine groups is 1. The molecule has 1 saturated heterocycles. The minimum atomic E-state index is 0. The van der Waals surface area contributed by atoms with E-state index in [1.54, 1.807) is 0 Å². The smallest absolute Gasteiger partial charge is 0.191 e. The third-order valence-electron chi connectivity index (χ3n) is 4.16. The molecule has 1 fully saturated rings. The minimum absolute atomic E-state index is 0. The van der Waals surface area contributed by atoms with Crippen molar-refractivity contribution in [3.05, 3.63) is 0 Å². The van der Waals surface area contributed by atoms with Gasteiger partial charge in [-0.25, -0.2) is 0 Å². The van der Waals surface area contributed by atoms with Crippen LogP contribution in [0.2, 0.25) is 0 Å². The first-order chi connectivity index (χ1) is 11.1. The Bertz CT molecular complexity index is 321. The maximum atomic E-state index is 5.71. The summed E-state index contributed by atoms with van der Waals surface area (Å²) in [5.41, 5.74) is 0. The van der Waals surface area contributed by atoms with E-state index in [-0.39, 0.29) is 24.0 Å². The Morgan fingerprint density at radius 1 is 1.25 bits per heavy atom. The van der Waals surface area contributed by atoms with Crippen molar-refractivity contribution in [3.63, 3.8) is 0 Å². The average molecular weight is 455 g/mol. The molecule has 2 atom stereocenters. The first-order valence-corrected chi connectivity index (χ1v) is 9.24. The van der Waals surface area contributed by atoms with E-state index in [0.29, 0.717) is 12.0 Å². The lowest BCUT2D eigenvalue weighted by molar-refractivity contribution is 0.0888. The quantitative estimate of drug-likeness (QED) is 0.217. The molecule has 1 heterocycles. The van der Waals surface area contributed by atoms with Crippen LogP contribution in [0.5, 0.6) is 0 Å². The minimum Gasteiger partial charge on any atom is -0.381 e. The molecule has 144 valence electrons. The van der Waals surface area contributed by atoms with Gasteiger partial charge in [-0.2, -0.15) is 0 Å². The molecule has 2 N–H and O–H groups in total. The Morgan fingerprint density at radius 2 is 2.04 bits per heavy atom. The van der Waals surface area contributed by atoms with Crippen LogP contribution >= 0.6 is 24.0 Å². The highest BCUT2D eigenvalue weighted by Gasteiger charge is 2.15. The SMILES string of the molecule is CN=C(NCCCOCC1CCOC1)NC(C)CCCC(C)C.I. The normalized spacial score (nSPS) is 19.2. The summed E-state index contributed by atoms with van der Waals surface area (Å²) in [5.74, 6) is 2.28. The highest BCUT2D eigenvalue weighted by molar-refractivity contribution is 14.0. The topological polar surface area (TPSA) is 54.9 Å². The van der Waals surface area contributed by atoms with Gasteiger partial charge in [0, 0.05) is 38.8 Å². The van der Waals surface area contributed by atoms with E-state index >= 15 is 0 Å². The van der Waals surface area contributed by atoms with E-state index in [4.69, 9.17) is 9.47 Å². The monoisotopic (exact) mass is 455 g/mol. The summed E-state index contributed by atoms with van der Waals surface area (Å²) in [6.07, 6.45) is 5.88. The molecule has 1 aliphatic heterocycles. The van der Waals surface area contributed by atoms with Gasteiger partial charge in [-0.15, -0.1) is 24.0 Å². The predicted molar refractivity (Wildman–Crippen MR) is 112 cm³/mol. The molecule has 24 heavy (non-hydrogen) atoms. The summed E-state index contributed by atoms with van der Waals surface area (Å²) in [6, 6.07) is 0.457. The molecule has 0 bridgehead atoms. The second-order valence-corrected chi connectivity index (χ2v) is 7.03. The number of hydrogen-bond donors (Lipinski definition) is 2. The number of hydrogen-bond acceptors (Lipinski definition) is 3. The van der Waals surface area contributed by atoms with Crippen LogP contribution < -0.4 is 10.6 Å². The highest BCUT2D eigenvalue weighted by atomic mass is 127. The van der Waals surface area contributed by atoms with Gasteiger partial charge in [-0.05, 0) is 32.1 Å². The van der Waals surface area contributed by atoms with Crippen LogP contribution in [0.25, 0.3) is 0 Å². The van der Waals surface area contributed by atoms with Crippen LogP contribution in [-0.4, -0.2) is 52.0 Å². The lowest BCUT2D eigenvalue weighted by Crippen LogP contribution is -2.42. The van der Waals surface area contributed by atoms with E-state index in [1.165, 1.54) is 19.3 Å². The molecule has 0 aliphatic carbocycles. The van der Waals surface area contributed by atoms with E-state index in [0.717, 1.165) is 57.7 Å². The molecule has 0 aromatic heterocycles. The zero-order chi connectivity index (χ0) is 16.9. The van der Waals surface area contributed by atoms with Gasteiger partial charge in [-0.1, -0.05) is 26.7 Å². The number of ether oxygens (including phenoxy) is 2. The van der Waals surface area contributed by atoms with Crippen molar-refractivity contribution in [1.29, 1.82) is 0 Å². The molecule has 0 aromatic rings. The van der Waals surface area contributed by atoms with Crippen LogP contribution in [0.3, 0.4) is 0 Å². The van der Waals surface area contributed by atoms with E-state index in [2.05, 4.69) is 36.4 Å². The molecule has 2 unspecified atom stereocenters. The fraction of sp³-hybridized carbons (Fsp3) is 0.944. The van der Waals surface area contributed by atoms with Crippen LogP contribution in [0, 0.1) is 11.8 Å². The van der Waals surface area contributed by atoms with Crippen molar-refractivity contribution >= 4 is 29.9 Å². The molecule has 5 nitrogen and oxygen atoms in total. The molecule has 0 radical (unpaired) electrons. The average Bonchev–Trinajstić information content (AvgIpc) is 3.02. The van der Waals surface area contributed by atoms with Crippen molar-refractivity contribution in [1.82, 2.24) is 10.6 Å². The lowest BCUT2D eigenvalue weighted by atomic mass is 10.0. The molecule has 0 spiro atoms. The molecule has 0 aromatic carbocycles. The number of rotatable bonds is 11. The second-order valence-electron chi connectivity index (χ2n) is 7.03. The summed E-state index contributed by atoms with van der Waals surface area (Å²) < 4.78 is 11.1. The first-order valence-electron chi connectivity index (χ1n) is 9.24. The van der Waals surface area contributed by atoms with Gasteiger partial charge in [0.05, 0.1) is 13.2 Å². The molecular formula is C18H38IN3O2. The van der Waals surface area contributed by atoms with Gasteiger partial charge in [0.2, 0.25) is 0 Å². The Labute approximate surface area is 165 Å². The fourth-order valence-corrected chi connectivity index (χ4v) is 2.68. The Kier molecular flexibility index (Phi) is 15.1.